The molecule has 3 N–H and O–H groups in total. The van der Waals surface area contributed by atoms with Crippen molar-refractivity contribution in [1.29, 1.82) is 0 Å². The maximum Gasteiger partial charge on any atom is 0.253 e. The van der Waals surface area contributed by atoms with Gasteiger partial charge in [0, 0.05) is 28.0 Å². The van der Waals surface area contributed by atoms with E-state index in [1.165, 1.54) is 0 Å². The number of benzene rings is 2. The average Bonchev–Trinajstić information content (AvgIpc) is 3.04. The van der Waals surface area contributed by atoms with Gasteiger partial charge in [0.2, 0.25) is 0 Å². The number of nitrogens with zero attached hydrogens (tertiary/aromatic N) is 2. The Bertz CT molecular complexity index is 1120. The number of aromatic nitrogens is 3. The predicted molar refractivity (Wildman–Crippen MR) is 96.0 cm³/mol. The summed E-state index contributed by atoms with van der Waals surface area (Å²) in [6.07, 6.45) is 0. The molecule has 0 aliphatic rings. The zero-order valence-electron chi connectivity index (χ0n) is 12.2. The Kier molecular flexibility index (Phi) is 3.59. The number of hydrogen-bond acceptors (Lipinski definition) is 6. The Morgan fingerprint density at radius 3 is 2.96 bits per heavy atom. The Balaban J connectivity index is 1.67. The normalized spacial score (nSPS) is 11.2. The maximum atomic E-state index is 12.2. The molecule has 6 nitrogen and oxygen atoms in total. The molecule has 0 unspecified atom stereocenters. The van der Waals surface area contributed by atoms with Crippen molar-refractivity contribution < 1.29 is 5.11 Å². The van der Waals surface area contributed by atoms with Crippen LogP contribution >= 0.6 is 23.3 Å². The van der Waals surface area contributed by atoms with Crippen molar-refractivity contribution in [3.8, 4) is 5.75 Å². The van der Waals surface area contributed by atoms with E-state index in [4.69, 9.17) is 11.6 Å². The number of hydrogen-bond donors (Lipinski definition) is 3. The number of rotatable bonds is 3. The third-order valence-corrected chi connectivity index (χ3v) is 4.53. The van der Waals surface area contributed by atoms with Crippen LogP contribution in [0.2, 0.25) is 5.02 Å². The van der Waals surface area contributed by atoms with Crippen molar-refractivity contribution in [1.82, 2.24) is 13.7 Å². The van der Waals surface area contributed by atoms with Crippen molar-refractivity contribution in [3.05, 3.63) is 57.3 Å². The molecule has 0 atom stereocenters. The minimum atomic E-state index is -0.187. The number of phenols is 1. The Labute approximate surface area is 145 Å². The lowest BCUT2D eigenvalue weighted by atomic mass is 10.1. The molecule has 0 saturated carbocycles. The zero-order valence-corrected chi connectivity index (χ0v) is 13.8. The van der Waals surface area contributed by atoms with Gasteiger partial charge in [-0.1, -0.05) is 11.6 Å². The third kappa shape index (κ3) is 2.57. The van der Waals surface area contributed by atoms with Crippen molar-refractivity contribution in [2.45, 2.75) is 6.54 Å². The largest absolute Gasteiger partial charge is 0.504 e. The molecule has 4 rings (SSSR count). The molecule has 8 heteroatoms. The summed E-state index contributed by atoms with van der Waals surface area (Å²) in [5.74, 6) is 0.0292. The smallest absolute Gasteiger partial charge is 0.253 e. The van der Waals surface area contributed by atoms with Gasteiger partial charge in [-0.15, -0.1) is 0 Å². The summed E-state index contributed by atoms with van der Waals surface area (Å²) in [5.41, 5.74) is 2.67. The van der Waals surface area contributed by atoms with Crippen molar-refractivity contribution >= 4 is 51.0 Å². The van der Waals surface area contributed by atoms with E-state index in [0.717, 1.165) is 22.6 Å². The van der Waals surface area contributed by atoms with Crippen LogP contribution in [-0.2, 0) is 6.54 Å². The number of fused-ring (bicyclic) bond motifs is 2. The van der Waals surface area contributed by atoms with E-state index < -0.39 is 0 Å². The van der Waals surface area contributed by atoms with Gasteiger partial charge in [-0.05, 0) is 36.4 Å². The van der Waals surface area contributed by atoms with Crippen LogP contribution in [-0.4, -0.2) is 18.8 Å². The molecule has 0 saturated heterocycles. The highest BCUT2D eigenvalue weighted by molar-refractivity contribution is 7.00. The molecule has 0 spiro atoms. The molecular formula is C16H11ClN4O2S. The van der Waals surface area contributed by atoms with E-state index in [1.54, 1.807) is 36.4 Å². The number of pyridine rings is 1. The maximum absolute atomic E-state index is 12.2. The molecule has 0 aliphatic carbocycles. The van der Waals surface area contributed by atoms with Crippen LogP contribution in [0.15, 0.2) is 41.2 Å². The second kappa shape index (κ2) is 5.77. The minimum Gasteiger partial charge on any atom is -0.504 e. The molecule has 2 heterocycles. The molecule has 2 aromatic carbocycles. The van der Waals surface area contributed by atoms with Gasteiger partial charge in [-0.25, -0.2) is 0 Å². The molecule has 4 aromatic rings. The van der Waals surface area contributed by atoms with Crippen molar-refractivity contribution in [2.24, 2.45) is 0 Å². The van der Waals surface area contributed by atoms with Crippen LogP contribution in [0.4, 0.5) is 5.69 Å². The fraction of sp³-hybridized carbons (Fsp3) is 0.0625. The number of H-pyrrole nitrogens is 1. The van der Waals surface area contributed by atoms with E-state index in [2.05, 4.69) is 19.0 Å². The highest BCUT2D eigenvalue weighted by Gasteiger charge is 2.10. The van der Waals surface area contributed by atoms with Gasteiger partial charge >= 0.3 is 0 Å². The number of aromatic hydroxyl groups is 1. The molecule has 0 amide bonds. The lowest BCUT2D eigenvalue weighted by Gasteiger charge is -2.09. The lowest BCUT2D eigenvalue weighted by Crippen LogP contribution is -2.15. The second-order valence-electron chi connectivity index (χ2n) is 5.30. The highest BCUT2D eigenvalue weighted by atomic mass is 35.5. The lowest BCUT2D eigenvalue weighted by molar-refractivity contribution is 0.482. The van der Waals surface area contributed by atoms with Gasteiger partial charge < -0.3 is 15.4 Å². The quantitative estimate of drug-likeness (QED) is 0.487. The van der Waals surface area contributed by atoms with Gasteiger partial charge in [0.05, 0.1) is 17.4 Å². The summed E-state index contributed by atoms with van der Waals surface area (Å²) >= 11 is 7.04. The molecule has 120 valence electrons. The van der Waals surface area contributed by atoms with E-state index >= 15 is 0 Å². The Morgan fingerprint density at radius 2 is 2.08 bits per heavy atom. The average molecular weight is 359 g/mol. The van der Waals surface area contributed by atoms with Crippen LogP contribution in [0.25, 0.3) is 21.9 Å². The predicted octanol–water partition coefficient (Wildman–Crippen LogP) is 3.50. The van der Waals surface area contributed by atoms with Crippen LogP contribution in [0.3, 0.4) is 0 Å². The molecule has 0 fully saturated rings. The number of aromatic amines is 1. The first-order valence-corrected chi connectivity index (χ1v) is 8.22. The van der Waals surface area contributed by atoms with Crippen LogP contribution < -0.4 is 10.9 Å². The first-order chi connectivity index (χ1) is 11.6. The highest BCUT2D eigenvalue weighted by Crippen LogP contribution is 2.31. The fourth-order valence-corrected chi connectivity index (χ4v) is 3.24. The van der Waals surface area contributed by atoms with E-state index in [-0.39, 0.29) is 17.9 Å². The summed E-state index contributed by atoms with van der Waals surface area (Å²) in [7, 11) is 0. The van der Waals surface area contributed by atoms with Gasteiger partial charge in [-0.3, -0.25) is 4.79 Å². The fourth-order valence-electron chi connectivity index (χ4n) is 2.52. The SMILES string of the molecule is O=c1[nH]c2ccc(Cl)cc2cc1CNc1ccc2nsnc2c1O. The molecule has 0 radical (unpaired) electrons. The standard InChI is InChI=1S/C16H11ClN4O2S/c17-10-1-2-11-8(6-10)5-9(16(23)19-11)7-18-13-4-3-12-14(15(13)22)21-24-20-12/h1-6,18,22H,7H2,(H,19,23). The molecule has 0 aliphatic heterocycles. The number of anilines is 1. The van der Waals surface area contributed by atoms with Crippen molar-refractivity contribution in [2.75, 3.05) is 5.32 Å². The summed E-state index contributed by atoms with van der Waals surface area (Å²) in [5, 5.41) is 14.8. The van der Waals surface area contributed by atoms with Crippen LogP contribution in [0.1, 0.15) is 5.56 Å². The monoisotopic (exact) mass is 358 g/mol. The van der Waals surface area contributed by atoms with Gasteiger partial charge in [0.25, 0.3) is 5.56 Å². The number of phenolic OH excluding ortho intramolecular Hbond substituents is 1. The second-order valence-corrected chi connectivity index (χ2v) is 6.27. The van der Waals surface area contributed by atoms with E-state index in [9.17, 15) is 9.90 Å². The summed E-state index contributed by atoms with van der Waals surface area (Å²) in [6, 6.07) is 10.6. The molecule has 2 aromatic heterocycles. The summed E-state index contributed by atoms with van der Waals surface area (Å²) in [4.78, 5) is 15.0. The minimum absolute atomic E-state index is 0.0292. The molecule has 24 heavy (non-hydrogen) atoms. The first-order valence-electron chi connectivity index (χ1n) is 7.11. The summed E-state index contributed by atoms with van der Waals surface area (Å²) in [6.45, 7) is 0.258. The molecular weight excluding hydrogens is 348 g/mol. The first kappa shape index (κ1) is 14.9. The van der Waals surface area contributed by atoms with Gasteiger partial charge in [-0.2, -0.15) is 8.75 Å². The Hall–Kier alpha value is -2.64. The van der Waals surface area contributed by atoms with E-state index in [0.29, 0.717) is 27.3 Å². The number of nitrogens with one attached hydrogen (secondary N) is 2. The van der Waals surface area contributed by atoms with E-state index in [1.807, 2.05) is 0 Å². The van der Waals surface area contributed by atoms with Crippen LogP contribution in [0, 0.1) is 0 Å². The topological polar surface area (TPSA) is 90.9 Å². The third-order valence-electron chi connectivity index (χ3n) is 3.75. The summed E-state index contributed by atoms with van der Waals surface area (Å²) < 4.78 is 8.13. The Morgan fingerprint density at radius 1 is 1.21 bits per heavy atom. The van der Waals surface area contributed by atoms with Gasteiger partial charge in [0.15, 0.2) is 5.75 Å². The van der Waals surface area contributed by atoms with Gasteiger partial charge in [0.1, 0.15) is 11.0 Å². The van der Waals surface area contributed by atoms with Crippen LogP contribution in [0.5, 0.6) is 5.75 Å². The molecule has 0 bridgehead atoms. The number of halogens is 1. The zero-order chi connectivity index (χ0) is 16.7. The van der Waals surface area contributed by atoms with Crippen molar-refractivity contribution in [3.63, 3.8) is 0 Å².